The summed E-state index contributed by atoms with van der Waals surface area (Å²) in [7, 11) is 0. The van der Waals surface area contributed by atoms with Gasteiger partial charge in [-0.3, -0.25) is 14.5 Å². The molecule has 0 radical (unpaired) electrons. The SMILES string of the molecule is Cc1cccc(COc2ccccc2/C=C2\SC(=O)N(Cc3ccccc3Br)C2=O)c1. The highest BCUT2D eigenvalue weighted by Gasteiger charge is 2.35. The first kappa shape index (κ1) is 21.4. The molecule has 1 aliphatic rings. The topological polar surface area (TPSA) is 46.6 Å². The molecule has 0 atom stereocenters. The zero-order valence-corrected chi connectivity index (χ0v) is 19.3. The van der Waals surface area contributed by atoms with Crippen LogP contribution in [0.3, 0.4) is 0 Å². The molecular formula is C25H20BrNO3S. The summed E-state index contributed by atoms with van der Waals surface area (Å²) in [6.45, 7) is 2.70. The maximum Gasteiger partial charge on any atom is 0.293 e. The molecule has 0 aliphatic carbocycles. The van der Waals surface area contributed by atoms with Crippen molar-refractivity contribution < 1.29 is 14.3 Å². The monoisotopic (exact) mass is 493 g/mol. The molecule has 31 heavy (non-hydrogen) atoms. The molecule has 0 aromatic heterocycles. The molecule has 0 bridgehead atoms. The van der Waals surface area contributed by atoms with Crippen LogP contribution in [0, 0.1) is 6.92 Å². The minimum Gasteiger partial charge on any atom is -0.488 e. The average molecular weight is 494 g/mol. The van der Waals surface area contributed by atoms with E-state index in [0.29, 0.717) is 17.3 Å². The zero-order valence-electron chi connectivity index (χ0n) is 16.9. The number of imide groups is 1. The second-order valence-electron chi connectivity index (χ2n) is 7.17. The molecule has 0 unspecified atom stereocenters. The summed E-state index contributed by atoms with van der Waals surface area (Å²) in [6.07, 6.45) is 1.73. The number of amides is 2. The number of rotatable bonds is 6. The third-order valence-electron chi connectivity index (χ3n) is 4.84. The highest BCUT2D eigenvalue weighted by atomic mass is 79.9. The van der Waals surface area contributed by atoms with E-state index in [-0.39, 0.29) is 17.7 Å². The van der Waals surface area contributed by atoms with Gasteiger partial charge in [-0.15, -0.1) is 0 Å². The lowest BCUT2D eigenvalue weighted by atomic mass is 10.1. The van der Waals surface area contributed by atoms with Crippen molar-refractivity contribution >= 4 is 44.9 Å². The summed E-state index contributed by atoms with van der Waals surface area (Å²) in [5.41, 5.74) is 3.89. The van der Waals surface area contributed by atoms with Gasteiger partial charge >= 0.3 is 0 Å². The Labute approximate surface area is 194 Å². The fourth-order valence-corrected chi connectivity index (χ4v) is 4.51. The molecule has 4 rings (SSSR count). The van der Waals surface area contributed by atoms with Gasteiger partial charge in [0.25, 0.3) is 11.1 Å². The molecule has 156 valence electrons. The lowest BCUT2D eigenvalue weighted by Gasteiger charge is -2.13. The van der Waals surface area contributed by atoms with Crippen LogP contribution < -0.4 is 4.74 Å². The number of para-hydroxylation sites is 1. The van der Waals surface area contributed by atoms with Crippen molar-refractivity contribution in [3.63, 3.8) is 0 Å². The second-order valence-corrected chi connectivity index (χ2v) is 9.02. The first-order valence-corrected chi connectivity index (χ1v) is 11.4. The molecule has 0 spiro atoms. The quantitative estimate of drug-likeness (QED) is 0.364. The van der Waals surface area contributed by atoms with Crippen LogP contribution in [0.2, 0.25) is 0 Å². The summed E-state index contributed by atoms with van der Waals surface area (Å²) in [4.78, 5) is 27.1. The van der Waals surface area contributed by atoms with Crippen LogP contribution in [-0.2, 0) is 17.9 Å². The van der Waals surface area contributed by atoms with Gasteiger partial charge in [-0.25, -0.2) is 0 Å². The van der Waals surface area contributed by atoms with Gasteiger partial charge in [-0.05, 0) is 48.0 Å². The summed E-state index contributed by atoms with van der Waals surface area (Å²) >= 11 is 4.43. The van der Waals surface area contributed by atoms with E-state index in [4.69, 9.17) is 4.74 Å². The molecule has 1 saturated heterocycles. The van der Waals surface area contributed by atoms with E-state index >= 15 is 0 Å². The maximum atomic E-state index is 12.9. The zero-order chi connectivity index (χ0) is 21.8. The number of hydrogen-bond donors (Lipinski definition) is 0. The summed E-state index contributed by atoms with van der Waals surface area (Å²) < 4.78 is 6.89. The molecule has 2 amide bonds. The molecule has 0 N–H and O–H groups in total. The molecule has 3 aromatic rings. The van der Waals surface area contributed by atoms with Crippen LogP contribution in [0.4, 0.5) is 4.79 Å². The van der Waals surface area contributed by atoms with E-state index in [1.165, 1.54) is 10.5 Å². The van der Waals surface area contributed by atoms with Gasteiger partial charge in [0.2, 0.25) is 0 Å². The van der Waals surface area contributed by atoms with E-state index in [0.717, 1.165) is 32.9 Å². The van der Waals surface area contributed by atoms with Crippen LogP contribution in [-0.4, -0.2) is 16.0 Å². The Balaban J connectivity index is 1.53. The van der Waals surface area contributed by atoms with Gasteiger partial charge in [0.05, 0.1) is 11.4 Å². The third kappa shape index (κ3) is 5.09. The average Bonchev–Trinajstić information content (AvgIpc) is 3.02. The molecule has 3 aromatic carbocycles. The number of hydrogen-bond acceptors (Lipinski definition) is 4. The molecule has 1 aliphatic heterocycles. The van der Waals surface area contributed by atoms with Crippen LogP contribution in [0.25, 0.3) is 6.08 Å². The summed E-state index contributed by atoms with van der Waals surface area (Å²) in [5.74, 6) is 0.376. The van der Waals surface area contributed by atoms with Gasteiger partial charge < -0.3 is 4.74 Å². The summed E-state index contributed by atoms with van der Waals surface area (Å²) in [5, 5.41) is -0.273. The number of thioether (sulfide) groups is 1. The molecule has 0 saturated carbocycles. The van der Waals surface area contributed by atoms with Gasteiger partial charge in [-0.1, -0.05) is 82.2 Å². The fourth-order valence-electron chi connectivity index (χ4n) is 3.27. The maximum absolute atomic E-state index is 12.9. The Hall–Kier alpha value is -2.83. The third-order valence-corrected chi connectivity index (χ3v) is 6.52. The number of carbonyl (C=O) groups is 2. The van der Waals surface area contributed by atoms with E-state index in [1.807, 2.05) is 73.7 Å². The van der Waals surface area contributed by atoms with Gasteiger partial charge in [0, 0.05) is 10.0 Å². The van der Waals surface area contributed by atoms with Gasteiger partial charge in [-0.2, -0.15) is 0 Å². The van der Waals surface area contributed by atoms with Crippen molar-refractivity contribution in [2.75, 3.05) is 0 Å². The van der Waals surface area contributed by atoms with E-state index in [1.54, 1.807) is 6.08 Å². The van der Waals surface area contributed by atoms with Crippen molar-refractivity contribution in [1.29, 1.82) is 0 Å². The number of nitrogens with zero attached hydrogens (tertiary/aromatic N) is 1. The number of benzene rings is 3. The van der Waals surface area contributed by atoms with Crippen molar-refractivity contribution in [2.24, 2.45) is 0 Å². The number of halogens is 1. The lowest BCUT2D eigenvalue weighted by Crippen LogP contribution is -2.27. The van der Waals surface area contributed by atoms with E-state index in [9.17, 15) is 9.59 Å². The number of ether oxygens (including phenoxy) is 1. The van der Waals surface area contributed by atoms with Crippen molar-refractivity contribution in [1.82, 2.24) is 4.90 Å². The molecule has 1 heterocycles. The second kappa shape index (κ2) is 9.54. The summed E-state index contributed by atoms with van der Waals surface area (Å²) in [6, 6.07) is 23.2. The Kier molecular flexibility index (Phi) is 6.59. The predicted molar refractivity (Wildman–Crippen MR) is 128 cm³/mol. The minimum atomic E-state index is -0.292. The Morgan fingerprint density at radius 3 is 2.58 bits per heavy atom. The fraction of sp³-hybridized carbons (Fsp3) is 0.120. The first-order valence-electron chi connectivity index (χ1n) is 9.77. The smallest absolute Gasteiger partial charge is 0.293 e. The molecule has 4 nitrogen and oxygen atoms in total. The molecule has 6 heteroatoms. The van der Waals surface area contributed by atoms with Crippen molar-refractivity contribution in [2.45, 2.75) is 20.1 Å². The van der Waals surface area contributed by atoms with Crippen molar-refractivity contribution in [3.8, 4) is 5.75 Å². The van der Waals surface area contributed by atoms with Gasteiger partial charge in [0.1, 0.15) is 12.4 Å². The van der Waals surface area contributed by atoms with E-state index < -0.39 is 0 Å². The van der Waals surface area contributed by atoms with Crippen LogP contribution in [0.1, 0.15) is 22.3 Å². The molecule has 1 fully saturated rings. The molecular weight excluding hydrogens is 474 g/mol. The van der Waals surface area contributed by atoms with Crippen molar-refractivity contribution in [3.05, 3.63) is 104 Å². The van der Waals surface area contributed by atoms with Crippen LogP contribution in [0.15, 0.2) is 82.2 Å². The van der Waals surface area contributed by atoms with E-state index in [2.05, 4.69) is 22.0 Å². The highest BCUT2D eigenvalue weighted by Crippen LogP contribution is 2.35. The van der Waals surface area contributed by atoms with Crippen LogP contribution in [0.5, 0.6) is 5.75 Å². The standard InChI is InChI=1S/C25H20BrNO3S/c1-17-7-6-8-18(13-17)16-30-22-12-5-3-9-19(22)14-23-24(28)27(25(29)31-23)15-20-10-2-4-11-21(20)26/h2-14H,15-16H2,1H3/b23-14-. The number of carbonyl (C=O) groups excluding carboxylic acids is 2. The Bertz CT molecular complexity index is 1170. The first-order chi connectivity index (χ1) is 15.0. The Morgan fingerprint density at radius 1 is 1.00 bits per heavy atom. The largest absolute Gasteiger partial charge is 0.488 e. The highest BCUT2D eigenvalue weighted by molar-refractivity contribution is 9.10. The van der Waals surface area contributed by atoms with Gasteiger partial charge in [0.15, 0.2) is 0 Å². The lowest BCUT2D eigenvalue weighted by molar-refractivity contribution is -0.123. The number of aryl methyl sites for hydroxylation is 1. The minimum absolute atomic E-state index is 0.231. The normalized spacial score (nSPS) is 15.0. The Morgan fingerprint density at radius 2 is 1.77 bits per heavy atom. The predicted octanol–water partition coefficient (Wildman–Crippen LogP) is 6.57. The van der Waals surface area contributed by atoms with Crippen LogP contribution >= 0.6 is 27.7 Å².